The molecule has 0 fully saturated rings. The number of thioether (sulfide) groups is 2. The monoisotopic (exact) mass is 630 g/mol. The smallest absolute Gasteiger partial charge is 0.257 e. The second-order valence-corrected chi connectivity index (χ2v) is 12.9. The maximum Gasteiger partial charge on any atom is 0.257 e. The largest absolute Gasteiger partial charge is 0.431 e. The van der Waals surface area contributed by atoms with E-state index in [1.54, 1.807) is 21.6 Å². The minimum Gasteiger partial charge on any atom is -0.431 e. The van der Waals surface area contributed by atoms with E-state index in [1.807, 2.05) is 97.1 Å². The van der Waals surface area contributed by atoms with Crippen LogP contribution in [0.1, 0.15) is 0 Å². The van der Waals surface area contributed by atoms with Crippen LogP contribution in [0.25, 0.3) is 22.2 Å². The number of rotatable bonds is 11. The number of para-hydroxylation sites is 4. The fourth-order valence-electron chi connectivity index (χ4n) is 3.76. The number of hydrogen-bond donors (Lipinski definition) is 2. The Bertz CT molecular complexity index is 1640. The standard InChI is InChI=1S/C30H22N4O4S4/c35-27(17-39-29-33-23-5-1-3-7-25(23)37-29)31-19-9-13-21(14-10-19)41-42-22-15-11-20(12-16-22)32-28(36)18-40-30-34-24-6-2-4-8-26(24)38-30/h1-16H,17-18H2,(H,31,35)(H,32,36). The third-order valence-electron chi connectivity index (χ3n) is 5.71. The zero-order valence-electron chi connectivity index (χ0n) is 21.8. The molecule has 6 rings (SSSR count). The summed E-state index contributed by atoms with van der Waals surface area (Å²) in [5, 5.41) is 6.75. The van der Waals surface area contributed by atoms with Gasteiger partial charge in [-0.1, -0.05) is 69.4 Å². The van der Waals surface area contributed by atoms with E-state index in [-0.39, 0.29) is 23.3 Å². The number of nitrogens with one attached hydrogen (secondary N) is 2. The molecule has 8 nitrogen and oxygen atoms in total. The van der Waals surface area contributed by atoms with Crippen LogP contribution in [-0.4, -0.2) is 33.3 Å². The lowest BCUT2D eigenvalue weighted by Crippen LogP contribution is -2.13. The highest BCUT2D eigenvalue weighted by Gasteiger charge is 2.11. The molecule has 0 spiro atoms. The van der Waals surface area contributed by atoms with E-state index in [0.29, 0.717) is 21.6 Å². The molecule has 0 unspecified atom stereocenters. The topological polar surface area (TPSA) is 110 Å². The summed E-state index contributed by atoms with van der Waals surface area (Å²) in [6.45, 7) is 0. The maximum absolute atomic E-state index is 12.4. The third kappa shape index (κ3) is 7.51. The first-order valence-corrected chi connectivity index (χ1v) is 16.8. The minimum atomic E-state index is -0.131. The molecular formula is C30H22N4O4S4. The van der Waals surface area contributed by atoms with Gasteiger partial charge in [-0.25, -0.2) is 9.97 Å². The first-order chi connectivity index (χ1) is 20.6. The van der Waals surface area contributed by atoms with E-state index in [0.717, 1.165) is 32.2 Å². The van der Waals surface area contributed by atoms with Crippen molar-refractivity contribution in [1.29, 1.82) is 0 Å². The quantitative estimate of drug-likeness (QED) is 0.107. The molecule has 6 aromatic rings. The number of carbonyl (C=O) groups excluding carboxylic acids is 2. The van der Waals surface area contributed by atoms with E-state index in [2.05, 4.69) is 20.6 Å². The number of anilines is 2. The predicted octanol–water partition coefficient (Wildman–Crippen LogP) is 8.23. The molecule has 42 heavy (non-hydrogen) atoms. The number of aromatic nitrogens is 2. The highest BCUT2D eigenvalue weighted by atomic mass is 33.1. The van der Waals surface area contributed by atoms with Crippen molar-refractivity contribution < 1.29 is 18.4 Å². The van der Waals surface area contributed by atoms with Crippen LogP contribution in [0.4, 0.5) is 11.4 Å². The van der Waals surface area contributed by atoms with Crippen molar-refractivity contribution in [2.75, 3.05) is 22.1 Å². The molecule has 210 valence electrons. The van der Waals surface area contributed by atoms with Gasteiger partial charge in [-0.05, 0) is 72.8 Å². The number of fused-ring (bicyclic) bond motifs is 2. The Morgan fingerprint density at radius 1 is 0.571 bits per heavy atom. The fraction of sp³-hybridized carbons (Fsp3) is 0.0667. The van der Waals surface area contributed by atoms with Crippen molar-refractivity contribution in [3.8, 4) is 0 Å². The van der Waals surface area contributed by atoms with Gasteiger partial charge in [0.05, 0.1) is 11.5 Å². The Morgan fingerprint density at radius 2 is 0.976 bits per heavy atom. The molecule has 12 heteroatoms. The number of nitrogens with zero attached hydrogens (tertiary/aromatic N) is 2. The van der Waals surface area contributed by atoms with Crippen molar-refractivity contribution in [3.05, 3.63) is 97.1 Å². The summed E-state index contributed by atoms with van der Waals surface area (Å²) in [6.07, 6.45) is 0. The third-order valence-corrected chi connectivity index (χ3v) is 9.79. The summed E-state index contributed by atoms with van der Waals surface area (Å²) in [7, 11) is 3.22. The summed E-state index contributed by atoms with van der Waals surface area (Å²) < 4.78 is 11.3. The van der Waals surface area contributed by atoms with Crippen LogP contribution >= 0.6 is 45.1 Å². The zero-order chi connectivity index (χ0) is 28.7. The van der Waals surface area contributed by atoms with E-state index < -0.39 is 0 Å². The maximum atomic E-state index is 12.4. The van der Waals surface area contributed by atoms with E-state index >= 15 is 0 Å². The van der Waals surface area contributed by atoms with E-state index in [1.165, 1.54) is 23.5 Å². The van der Waals surface area contributed by atoms with Gasteiger partial charge >= 0.3 is 0 Å². The molecule has 0 aliphatic heterocycles. The molecule has 0 saturated heterocycles. The van der Waals surface area contributed by atoms with Gasteiger partial charge in [-0.3, -0.25) is 9.59 Å². The second-order valence-electron chi connectivity index (χ2n) is 8.78. The molecule has 2 heterocycles. The number of oxazole rings is 2. The van der Waals surface area contributed by atoms with Crippen molar-refractivity contribution in [3.63, 3.8) is 0 Å². The highest BCUT2D eigenvalue weighted by molar-refractivity contribution is 8.76. The molecule has 0 aliphatic rings. The lowest BCUT2D eigenvalue weighted by atomic mass is 10.3. The summed E-state index contributed by atoms with van der Waals surface area (Å²) >= 11 is 2.52. The zero-order valence-corrected chi connectivity index (χ0v) is 25.1. The SMILES string of the molecule is O=C(CSc1nc2ccccc2o1)Nc1ccc(SSc2ccc(NC(=O)CSc3nc4ccccc4o3)cc2)cc1. The van der Waals surface area contributed by atoms with Gasteiger partial charge < -0.3 is 19.5 Å². The van der Waals surface area contributed by atoms with Crippen LogP contribution in [-0.2, 0) is 9.59 Å². The van der Waals surface area contributed by atoms with Crippen LogP contribution in [0.3, 0.4) is 0 Å². The number of hydrogen-bond acceptors (Lipinski definition) is 10. The van der Waals surface area contributed by atoms with Gasteiger partial charge in [0.15, 0.2) is 11.2 Å². The van der Waals surface area contributed by atoms with Gasteiger partial charge in [-0.2, -0.15) is 0 Å². The molecule has 0 saturated carbocycles. The fourth-order valence-corrected chi connectivity index (χ4v) is 6.97. The number of carbonyl (C=O) groups is 2. The van der Waals surface area contributed by atoms with Gasteiger partial charge in [-0.15, -0.1) is 0 Å². The first kappa shape index (κ1) is 28.3. The average molecular weight is 631 g/mol. The molecule has 2 N–H and O–H groups in total. The summed E-state index contributed by atoms with van der Waals surface area (Å²) in [5.41, 5.74) is 4.41. The second kappa shape index (κ2) is 13.4. The van der Waals surface area contributed by atoms with Crippen LogP contribution in [0, 0.1) is 0 Å². The van der Waals surface area contributed by atoms with Crippen molar-refractivity contribution in [2.24, 2.45) is 0 Å². The molecule has 2 amide bonds. The summed E-state index contributed by atoms with van der Waals surface area (Å²) in [4.78, 5) is 35.6. The van der Waals surface area contributed by atoms with Gasteiger partial charge in [0.25, 0.3) is 10.4 Å². The molecule has 0 bridgehead atoms. The van der Waals surface area contributed by atoms with E-state index in [4.69, 9.17) is 8.83 Å². The lowest BCUT2D eigenvalue weighted by Gasteiger charge is -2.07. The highest BCUT2D eigenvalue weighted by Crippen LogP contribution is 2.38. The number of amides is 2. The van der Waals surface area contributed by atoms with Crippen molar-refractivity contribution in [1.82, 2.24) is 9.97 Å². The van der Waals surface area contributed by atoms with Crippen LogP contribution in [0.5, 0.6) is 0 Å². The molecular weight excluding hydrogens is 609 g/mol. The Labute approximate surface area is 257 Å². The van der Waals surface area contributed by atoms with Crippen molar-refractivity contribution in [2.45, 2.75) is 20.2 Å². The van der Waals surface area contributed by atoms with Crippen LogP contribution in [0.15, 0.2) is 126 Å². The molecule has 0 aliphatic carbocycles. The van der Waals surface area contributed by atoms with Crippen LogP contribution < -0.4 is 10.6 Å². The normalized spacial score (nSPS) is 11.1. The van der Waals surface area contributed by atoms with Gasteiger partial charge in [0.2, 0.25) is 11.8 Å². The number of benzene rings is 4. The van der Waals surface area contributed by atoms with E-state index in [9.17, 15) is 9.59 Å². The summed E-state index contributed by atoms with van der Waals surface area (Å²) in [6, 6.07) is 30.4. The summed E-state index contributed by atoms with van der Waals surface area (Å²) in [5.74, 6) is 0.142. The Hall–Kier alpha value is -3.84. The Morgan fingerprint density at radius 3 is 1.38 bits per heavy atom. The lowest BCUT2D eigenvalue weighted by molar-refractivity contribution is -0.114. The Kier molecular flexibility index (Phi) is 9.04. The molecule has 0 radical (unpaired) electrons. The molecule has 2 aromatic heterocycles. The minimum absolute atomic E-state index is 0.131. The Balaban J connectivity index is 0.919. The van der Waals surface area contributed by atoms with Gasteiger partial charge in [0, 0.05) is 21.2 Å². The average Bonchev–Trinajstić information content (AvgIpc) is 3.63. The van der Waals surface area contributed by atoms with Crippen molar-refractivity contribution >= 4 is 90.5 Å². The van der Waals surface area contributed by atoms with Crippen LogP contribution in [0.2, 0.25) is 0 Å². The van der Waals surface area contributed by atoms with Gasteiger partial charge in [0.1, 0.15) is 11.0 Å². The molecule has 0 atom stereocenters. The first-order valence-electron chi connectivity index (χ1n) is 12.7. The molecule has 4 aromatic carbocycles. The predicted molar refractivity (Wildman–Crippen MR) is 171 cm³/mol.